The average Bonchev–Trinajstić information content (AvgIpc) is 2.21. The second-order valence-electron chi connectivity index (χ2n) is 5.78. The van der Waals surface area contributed by atoms with Gasteiger partial charge >= 0.3 is 0 Å². The van der Waals surface area contributed by atoms with Gasteiger partial charge < -0.3 is 5.73 Å². The molecule has 0 bridgehead atoms. The highest BCUT2D eigenvalue weighted by molar-refractivity contribution is 7.80. The van der Waals surface area contributed by atoms with Gasteiger partial charge in [0.25, 0.3) is 0 Å². The molecule has 2 atom stereocenters. The molecule has 0 aromatic carbocycles. The molecule has 0 aromatic heterocycles. The van der Waals surface area contributed by atoms with Crippen molar-refractivity contribution in [2.24, 2.45) is 11.1 Å². The number of carbonyl (C=O) groups is 1. The molecular weight excluding hydrogens is 246 g/mol. The van der Waals surface area contributed by atoms with Crippen LogP contribution in [0.1, 0.15) is 52.4 Å². The summed E-state index contributed by atoms with van der Waals surface area (Å²) in [6.45, 7) is 4.31. The third-order valence-corrected chi connectivity index (χ3v) is 4.93. The van der Waals surface area contributed by atoms with E-state index in [1.165, 1.54) is 6.42 Å². The van der Waals surface area contributed by atoms with Gasteiger partial charge in [-0.25, -0.2) is 5.01 Å². The highest BCUT2D eigenvalue weighted by Crippen LogP contribution is 2.41. The smallest absolute Gasteiger partial charge is 0.247 e. The summed E-state index contributed by atoms with van der Waals surface area (Å²) >= 11 is 5.08. The second-order valence-corrected chi connectivity index (χ2v) is 6.22. The third-order valence-electron chi connectivity index (χ3n) is 4.54. The fourth-order valence-electron chi connectivity index (χ4n) is 2.98. The molecule has 5 heteroatoms. The van der Waals surface area contributed by atoms with E-state index in [4.69, 9.17) is 18.0 Å². The van der Waals surface area contributed by atoms with Gasteiger partial charge in [0.15, 0.2) is 0 Å². The van der Waals surface area contributed by atoms with Gasteiger partial charge in [-0.05, 0) is 39.5 Å². The Hall–Kier alpha value is -0.680. The molecular formula is C13H23N3OS. The molecule has 1 heterocycles. The SMILES string of the molecule is CC1CCCC(C)N1NC(=O)C1(C(N)=S)CCC1. The van der Waals surface area contributed by atoms with E-state index in [1.54, 1.807) is 0 Å². The van der Waals surface area contributed by atoms with Crippen molar-refractivity contribution in [1.82, 2.24) is 10.4 Å². The van der Waals surface area contributed by atoms with E-state index in [2.05, 4.69) is 24.3 Å². The lowest BCUT2D eigenvalue weighted by atomic mass is 9.68. The number of nitrogens with one attached hydrogen (secondary N) is 1. The Morgan fingerprint density at radius 2 is 1.83 bits per heavy atom. The normalized spacial score (nSPS) is 31.4. The van der Waals surface area contributed by atoms with Crippen LogP contribution in [0.2, 0.25) is 0 Å². The Kier molecular flexibility index (Phi) is 3.92. The third kappa shape index (κ3) is 2.26. The van der Waals surface area contributed by atoms with Gasteiger partial charge in [-0.15, -0.1) is 0 Å². The van der Waals surface area contributed by atoms with E-state index in [-0.39, 0.29) is 5.91 Å². The van der Waals surface area contributed by atoms with Crippen LogP contribution >= 0.6 is 12.2 Å². The molecule has 1 aliphatic heterocycles. The van der Waals surface area contributed by atoms with Crippen LogP contribution in [0.15, 0.2) is 0 Å². The number of hydrazine groups is 1. The summed E-state index contributed by atoms with van der Waals surface area (Å²) in [6, 6.07) is 0.780. The fraction of sp³-hybridized carbons (Fsp3) is 0.846. The zero-order valence-electron chi connectivity index (χ0n) is 11.2. The maximum Gasteiger partial charge on any atom is 0.247 e. The lowest BCUT2D eigenvalue weighted by molar-refractivity contribution is -0.139. The van der Waals surface area contributed by atoms with Gasteiger partial charge in [-0.1, -0.05) is 25.1 Å². The number of carbonyl (C=O) groups excluding carboxylic acids is 1. The lowest BCUT2D eigenvalue weighted by Gasteiger charge is -2.44. The number of hydrogen-bond acceptors (Lipinski definition) is 3. The second kappa shape index (κ2) is 5.13. The van der Waals surface area contributed by atoms with Crippen LogP contribution in [-0.4, -0.2) is 28.0 Å². The maximum absolute atomic E-state index is 12.4. The van der Waals surface area contributed by atoms with E-state index >= 15 is 0 Å². The summed E-state index contributed by atoms with van der Waals surface area (Å²) in [4.78, 5) is 12.8. The van der Waals surface area contributed by atoms with Crippen LogP contribution in [0, 0.1) is 5.41 Å². The summed E-state index contributed by atoms with van der Waals surface area (Å²) in [7, 11) is 0. The Morgan fingerprint density at radius 1 is 1.28 bits per heavy atom. The van der Waals surface area contributed by atoms with Gasteiger partial charge in [-0.3, -0.25) is 10.2 Å². The van der Waals surface area contributed by atoms with Crippen molar-refractivity contribution >= 4 is 23.1 Å². The molecule has 2 unspecified atom stereocenters. The van der Waals surface area contributed by atoms with E-state index in [9.17, 15) is 4.79 Å². The maximum atomic E-state index is 12.4. The molecule has 4 nitrogen and oxygen atoms in total. The van der Waals surface area contributed by atoms with Crippen molar-refractivity contribution in [1.29, 1.82) is 0 Å². The molecule has 0 radical (unpaired) electrons. The van der Waals surface area contributed by atoms with Gasteiger partial charge in [0.1, 0.15) is 5.41 Å². The molecule has 0 aromatic rings. The van der Waals surface area contributed by atoms with Crippen molar-refractivity contribution in [3.8, 4) is 0 Å². The highest BCUT2D eigenvalue weighted by atomic mass is 32.1. The Morgan fingerprint density at radius 3 is 2.22 bits per heavy atom. The Balaban J connectivity index is 2.04. The minimum Gasteiger partial charge on any atom is -0.392 e. The van der Waals surface area contributed by atoms with Crippen LogP contribution in [-0.2, 0) is 4.79 Å². The van der Waals surface area contributed by atoms with Crippen LogP contribution in [0.25, 0.3) is 0 Å². The zero-order valence-corrected chi connectivity index (χ0v) is 12.1. The fourth-order valence-corrected chi connectivity index (χ4v) is 3.28. The molecule has 2 rings (SSSR count). The quantitative estimate of drug-likeness (QED) is 0.766. The standard InChI is InChI=1S/C13H23N3OS/c1-9-5-3-6-10(2)16(9)15-12(17)13(11(14)18)7-4-8-13/h9-10H,3-8H2,1-2H3,(H2,14,18)(H,15,17). The van der Waals surface area contributed by atoms with Crippen LogP contribution in [0.4, 0.5) is 0 Å². The zero-order chi connectivity index (χ0) is 13.3. The van der Waals surface area contributed by atoms with Crippen molar-refractivity contribution in [2.75, 3.05) is 0 Å². The molecule has 3 N–H and O–H groups in total. The first-order chi connectivity index (χ1) is 8.47. The topological polar surface area (TPSA) is 58.4 Å². The number of thiocarbonyl (C=S) groups is 1. The number of nitrogens with zero attached hydrogens (tertiary/aromatic N) is 1. The first-order valence-electron chi connectivity index (χ1n) is 6.87. The summed E-state index contributed by atoms with van der Waals surface area (Å²) in [5.41, 5.74) is 8.25. The molecule has 1 saturated carbocycles. The summed E-state index contributed by atoms with van der Waals surface area (Å²) in [5.74, 6) is 0.00171. The molecule has 102 valence electrons. The highest BCUT2D eigenvalue weighted by Gasteiger charge is 2.48. The first kappa shape index (κ1) is 13.7. The van der Waals surface area contributed by atoms with Crippen LogP contribution in [0.3, 0.4) is 0 Å². The number of amides is 1. The van der Waals surface area contributed by atoms with Crippen molar-refractivity contribution in [2.45, 2.75) is 64.5 Å². The number of piperidine rings is 1. The number of nitrogens with two attached hydrogens (primary N) is 1. The van der Waals surface area contributed by atoms with Gasteiger partial charge in [-0.2, -0.15) is 0 Å². The van der Waals surface area contributed by atoms with E-state index in [0.29, 0.717) is 17.1 Å². The summed E-state index contributed by atoms with van der Waals surface area (Å²) in [5, 5.41) is 2.09. The molecule has 0 spiro atoms. The largest absolute Gasteiger partial charge is 0.392 e. The minimum atomic E-state index is -0.577. The average molecular weight is 269 g/mol. The summed E-state index contributed by atoms with van der Waals surface area (Å²) < 4.78 is 0. The van der Waals surface area contributed by atoms with Crippen molar-refractivity contribution < 1.29 is 4.79 Å². The lowest BCUT2D eigenvalue weighted by Crippen LogP contribution is -2.61. The molecule has 1 aliphatic carbocycles. The molecule has 1 amide bonds. The number of rotatable bonds is 3. The van der Waals surface area contributed by atoms with Crippen molar-refractivity contribution in [3.63, 3.8) is 0 Å². The van der Waals surface area contributed by atoms with Gasteiger partial charge in [0, 0.05) is 12.1 Å². The van der Waals surface area contributed by atoms with Gasteiger partial charge in [0.05, 0.1) is 4.99 Å². The van der Waals surface area contributed by atoms with Gasteiger partial charge in [0.2, 0.25) is 5.91 Å². The molecule has 1 saturated heterocycles. The van der Waals surface area contributed by atoms with Crippen LogP contribution in [0.5, 0.6) is 0 Å². The minimum absolute atomic E-state index is 0.00171. The predicted octanol–water partition coefficient (Wildman–Crippen LogP) is 1.74. The monoisotopic (exact) mass is 269 g/mol. The van der Waals surface area contributed by atoms with E-state index < -0.39 is 5.41 Å². The molecule has 2 fully saturated rings. The predicted molar refractivity (Wildman–Crippen MR) is 75.8 cm³/mol. The first-order valence-corrected chi connectivity index (χ1v) is 7.27. The Labute approximate surface area is 114 Å². The molecule has 2 aliphatic rings. The van der Waals surface area contributed by atoms with Crippen molar-refractivity contribution in [3.05, 3.63) is 0 Å². The van der Waals surface area contributed by atoms with Crippen LogP contribution < -0.4 is 11.2 Å². The molecule has 18 heavy (non-hydrogen) atoms. The number of hydrogen-bond donors (Lipinski definition) is 2. The summed E-state index contributed by atoms with van der Waals surface area (Å²) in [6.07, 6.45) is 6.12. The van der Waals surface area contributed by atoms with E-state index in [1.807, 2.05) is 0 Å². The van der Waals surface area contributed by atoms with E-state index in [0.717, 1.165) is 32.1 Å². The Bertz CT molecular complexity index is 344.